The molecule has 0 unspecified atom stereocenters. The lowest BCUT2D eigenvalue weighted by atomic mass is 10.1. The van der Waals surface area contributed by atoms with E-state index in [9.17, 15) is 0 Å². The van der Waals surface area contributed by atoms with E-state index in [0.29, 0.717) is 0 Å². The number of hydrogen-bond donors (Lipinski definition) is 0. The fraction of sp³-hybridized carbons (Fsp3) is 0.300. The van der Waals surface area contributed by atoms with E-state index in [1.54, 1.807) is 0 Å². The monoisotopic (exact) mass is 358 g/mol. The molecule has 0 bridgehead atoms. The van der Waals surface area contributed by atoms with E-state index < -0.39 is 0 Å². The number of rotatable bonds is 3. The highest BCUT2D eigenvalue weighted by molar-refractivity contribution is 7.26. The Bertz CT molecular complexity index is 900. The fourth-order valence-corrected chi connectivity index (χ4v) is 6.84. The molecule has 0 nitrogen and oxygen atoms in total. The summed E-state index contributed by atoms with van der Waals surface area (Å²) in [7, 11) is 0. The van der Waals surface area contributed by atoms with Crippen molar-refractivity contribution >= 4 is 40.1 Å². The Morgan fingerprint density at radius 1 is 0.696 bits per heavy atom. The third kappa shape index (κ3) is 2.55. The summed E-state index contributed by atoms with van der Waals surface area (Å²) >= 11 is 5.70. The summed E-state index contributed by atoms with van der Waals surface area (Å²) in [4.78, 5) is 7.03. The number of thiophene rings is 3. The van der Waals surface area contributed by atoms with Gasteiger partial charge in [0.25, 0.3) is 0 Å². The van der Waals surface area contributed by atoms with Crippen LogP contribution < -0.4 is 0 Å². The minimum Gasteiger partial charge on any atom is -0.142 e. The molecular weight excluding hydrogens is 336 g/mol. The Morgan fingerprint density at radius 2 is 1.22 bits per heavy atom. The van der Waals surface area contributed by atoms with Gasteiger partial charge in [0.1, 0.15) is 0 Å². The zero-order valence-corrected chi connectivity index (χ0v) is 17.0. The van der Waals surface area contributed by atoms with Gasteiger partial charge in [0, 0.05) is 24.4 Å². The van der Waals surface area contributed by atoms with Crippen LogP contribution in [0.1, 0.15) is 38.3 Å². The normalized spacial score (nSPS) is 11.2. The van der Waals surface area contributed by atoms with Crippen molar-refractivity contribution in [2.75, 3.05) is 0 Å². The van der Waals surface area contributed by atoms with Gasteiger partial charge in [-0.05, 0) is 80.3 Å². The highest BCUT2D eigenvalue weighted by Gasteiger charge is 2.21. The molecule has 0 saturated heterocycles. The first-order valence-electron chi connectivity index (χ1n) is 7.74. The summed E-state index contributed by atoms with van der Waals surface area (Å²) in [5.41, 5.74) is 8.46. The summed E-state index contributed by atoms with van der Waals surface area (Å²) in [6, 6.07) is 0. The minimum absolute atomic E-state index is 1.30. The van der Waals surface area contributed by atoms with Crippen LogP contribution in [0.25, 0.3) is 25.6 Å². The topological polar surface area (TPSA) is 0 Å². The second-order valence-electron chi connectivity index (χ2n) is 6.13. The molecule has 0 aliphatic carbocycles. The molecule has 0 atom stereocenters. The molecule has 0 aliphatic heterocycles. The van der Waals surface area contributed by atoms with Crippen LogP contribution in [0.4, 0.5) is 0 Å². The van der Waals surface area contributed by atoms with Gasteiger partial charge in [0.2, 0.25) is 0 Å². The first-order chi connectivity index (χ1) is 10.9. The molecule has 0 fully saturated rings. The Balaban J connectivity index is 2.22. The number of aryl methyl sites for hydroxylation is 1. The summed E-state index contributed by atoms with van der Waals surface area (Å²) in [6.07, 6.45) is 1.99. The van der Waals surface area contributed by atoms with Crippen molar-refractivity contribution < 1.29 is 0 Å². The largest absolute Gasteiger partial charge is 0.142 e. The molecule has 0 saturated carbocycles. The summed E-state index contributed by atoms with van der Waals surface area (Å²) in [5, 5.41) is 2.27. The van der Waals surface area contributed by atoms with Crippen molar-refractivity contribution in [1.82, 2.24) is 0 Å². The molecule has 3 heterocycles. The van der Waals surface area contributed by atoms with Crippen LogP contribution in [0, 0.1) is 41.5 Å². The first-order valence-corrected chi connectivity index (χ1v) is 10.3. The second-order valence-corrected chi connectivity index (χ2v) is 9.09. The lowest BCUT2D eigenvalue weighted by Gasteiger charge is -1.99. The molecule has 3 aromatic heterocycles. The number of hydrogen-bond acceptors (Lipinski definition) is 3. The third-order valence-electron chi connectivity index (χ3n) is 4.82. The molecule has 0 radical (unpaired) electrons. The summed E-state index contributed by atoms with van der Waals surface area (Å²) in [5.74, 6) is 0. The van der Waals surface area contributed by atoms with Gasteiger partial charge in [-0.3, -0.25) is 0 Å². The third-order valence-corrected chi connectivity index (χ3v) is 9.13. The van der Waals surface area contributed by atoms with Gasteiger partial charge >= 0.3 is 0 Å². The summed E-state index contributed by atoms with van der Waals surface area (Å²) in [6.45, 7) is 17.4. The SMILES string of the molecule is C=Cc1sc(-c2sc(-c3scc(C)c3C)c(C)c2C)c(C)c1C. The van der Waals surface area contributed by atoms with E-state index in [-0.39, 0.29) is 0 Å². The quantitative estimate of drug-likeness (QED) is 0.450. The fourth-order valence-electron chi connectivity index (χ4n) is 2.79. The molecule has 0 spiro atoms. The lowest BCUT2D eigenvalue weighted by Crippen LogP contribution is -1.80. The maximum Gasteiger partial charge on any atom is 0.0484 e. The molecule has 0 N–H and O–H groups in total. The Morgan fingerprint density at radius 3 is 1.70 bits per heavy atom. The molecule has 0 amide bonds. The van der Waals surface area contributed by atoms with E-state index in [1.165, 1.54) is 57.8 Å². The molecular formula is C20H22S3. The van der Waals surface area contributed by atoms with E-state index in [4.69, 9.17) is 0 Å². The zero-order chi connectivity index (χ0) is 16.9. The first kappa shape index (κ1) is 16.7. The predicted molar refractivity (Wildman–Crippen MR) is 109 cm³/mol. The van der Waals surface area contributed by atoms with Gasteiger partial charge in [-0.25, -0.2) is 0 Å². The Hall–Kier alpha value is -1.16. The molecule has 0 aromatic carbocycles. The van der Waals surface area contributed by atoms with Gasteiger partial charge < -0.3 is 0 Å². The van der Waals surface area contributed by atoms with Crippen LogP contribution >= 0.6 is 34.0 Å². The van der Waals surface area contributed by atoms with E-state index >= 15 is 0 Å². The molecule has 3 heteroatoms. The van der Waals surface area contributed by atoms with Crippen molar-refractivity contribution in [2.24, 2.45) is 0 Å². The standard InChI is InChI=1S/C20H22S3/c1-8-16-12(4)13(5)19(22-16)20-15(7)14(6)18(23-20)17-11(3)10(2)9-21-17/h8-9H,1H2,2-7H3. The van der Waals surface area contributed by atoms with Crippen molar-refractivity contribution in [3.63, 3.8) is 0 Å². The smallest absolute Gasteiger partial charge is 0.0484 e. The minimum atomic E-state index is 1.30. The lowest BCUT2D eigenvalue weighted by molar-refractivity contribution is 1.37. The van der Waals surface area contributed by atoms with Gasteiger partial charge in [-0.2, -0.15) is 0 Å². The Labute approximate surface area is 151 Å². The predicted octanol–water partition coefficient (Wildman–Crippen LogP) is 7.70. The van der Waals surface area contributed by atoms with Gasteiger partial charge in [-0.1, -0.05) is 12.7 Å². The van der Waals surface area contributed by atoms with Crippen molar-refractivity contribution in [3.8, 4) is 19.5 Å². The van der Waals surface area contributed by atoms with Crippen LogP contribution in [-0.4, -0.2) is 0 Å². The maximum absolute atomic E-state index is 3.96. The average Bonchev–Trinajstić information content (AvgIpc) is 3.11. The average molecular weight is 359 g/mol. The second kappa shape index (κ2) is 6.04. The van der Waals surface area contributed by atoms with Crippen LogP contribution in [0.5, 0.6) is 0 Å². The van der Waals surface area contributed by atoms with E-state index in [0.717, 1.165) is 0 Å². The summed E-state index contributed by atoms with van der Waals surface area (Å²) < 4.78 is 0. The highest BCUT2D eigenvalue weighted by Crippen LogP contribution is 2.48. The van der Waals surface area contributed by atoms with Gasteiger partial charge in [-0.15, -0.1) is 34.0 Å². The maximum atomic E-state index is 3.96. The van der Waals surface area contributed by atoms with E-state index in [2.05, 4.69) is 53.5 Å². The highest BCUT2D eigenvalue weighted by atomic mass is 32.1. The van der Waals surface area contributed by atoms with Crippen molar-refractivity contribution in [1.29, 1.82) is 0 Å². The van der Waals surface area contributed by atoms with Crippen LogP contribution in [0.3, 0.4) is 0 Å². The molecule has 3 rings (SSSR count). The molecule has 120 valence electrons. The van der Waals surface area contributed by atoms with Crippen LogP contribution in [-0.2, 0) is 0 Å². The van der Waals surface area contributed by atoms with Crippen LogP contribution in [0.15, 0.2) is 12.0 Å². The van der Waals surface area contributed by atoms with Crippen LogP contribution in [0.2, 0.25) is 0 Å². The van der Waals surface area contributed by atoms with E-state index in [1.807, 2.05) is 40.1 Å². The zero-order valence-electron chi connectivity index (χ0n) is 14.6. The van der Waals surface area contributed by atoms with Crippen molar-refractivity contribution in [2.45, 2.75) is 41.5 Å². The Kier molecular flexibility index (Phi) is 4.39. The molecule has 23 heavy (non-hydrogen) atoms. The van der Waals surface area contributed by atoms with Crippen molar-refractivity contribution in [3.05, 3.63) is 50.2 Å². The molecule has 3 aromatic rings. The van der Waals surface area contributed by atoms with Gasteiger partial charge in [0.05, 0.1) is 0 Å². The molecule has 0 aliphatic rings. The van der Waals surface area contributed by atoms with Gasteiger partial charge in [0.15, 0.2) is 0 Å².